The second-order valence-corrected chi connectivity index (χ2v) is 7.44. The van der Waals surface area contributed by atoms with Crippen molar-refractivity contribution in [1.29, 1.82) is 0 Å². The largest absolute Gasteiger partial charge is 0.302 e. The number of hydrogen-bond acceptors (Lipinski definition) is 1. The van der Waals surface area contributed by atoms with Crippen LogP contribution in [0.3, 0.4) is 0 Å². The van der Waals surface area contributed by atoms with Gasteiger partial charge in [-0.05, 0) is 61.1 Å². The molecule has 0 radical (unpaired) electrons. The normalized spacial score (nSPS) is 16.2. The second kappa shape index (κ2) is 5.67. The molecule has 1 heterocycles. The van der Waals surface area contributed by atoms with E-state index in [1.807, 2.05) is 0 Å². The fourth-order valence-electron chi connectivity index (χ4n) is 4.65. The molecule has 1 aliphatic heterocycles. The third kappa shape index (κ3) is 2.22. The Morgan fingerprint density at radius 1 is 0.593 bits per heavy atom. The molecule has 0 amide bonds. The van der Waals surface area contributed by atoms with Gasteiger partial charge < -0.3 is 5.32 Å². The predicted octanol–water partition coefficient (Wildman–Crippen LogP) is 6.34. The highest BCUT2D eigenvalue weighted by molar-refractivity contribution is 6.13. The molecular weight excluding hydrogens is 326 g/mol. The molecule has 0 fully saturated rings. The minimum Gasteiger partial charge on any atom is -0.302 e. The summed E-state index contributed by atoms with van der Waals surface area (Å²) in [6, 6.07) is 33.6. The molecule has 1 nitrogen and oxygen atoms in total. The van der Waals surface area contributed by atoms with Crippen LogP contribution in [-0.2, 0) is 6.54 Å². The molecule has 6 rings (SSSR count). The first-order valence-electron chi connectivity index (χ1n) is 9.54. The Morgan fingerprint density at radius 2 is 1.30 bits per heavy atom. The highest BCUT2D eigenvalue weighted by Crippen LogP contribution is 2.38. The number of nitrogens with one attached hydrogen (secondary N) is 1. The smallest absolute Gasteiger partial charge is 0.0588 e. The quantitative estimate of drug-likeness (QED) is 0.276. The molecule has 5 aromatic rings. The number of fused-ring (bicyclic) bond motifs is 5. The van der Waals surface area contributed by atoms with E-state index in [0.29, 0.717) is 0 Å². The summed E-state index contributed by atoms with van der Waals surface area (Å²) in [5.74, 6) is 0. The summed E-state index contributed by atoms with van der Waals surface area (Å²) in [6.45, 7) is 0.935. The Hall–Kier alpha value is -3.16. The molecule has 5 aromatic carbocycles. The van der Waals surface area contributed by atoms with Gasteiger partial charge in [0.2, 0.25) is 0 Å². The van der Waals surface area contributed by atoms with Gasteiger partial charge in [0, 0.05) is 6.54 Å². The summed E-state index contributed by atoms with van der Waals surface area (Å²) >= 11 is 0. The molecule has 27 heavy (non-hydrogen) atoms. The zero-order chi connectivity index (χ0) is 17.8. The summed E-state index contributed by atoms with van der Waals surface area (Å²) in [6.07, 6.45) is 0. The average molecular weight is 345 g/mol. The van der Waals surface area contributed by atoms with Crippen molar-refractivity contribution in [3.8, 4) is 0 Å². The average Bonchev–Trinajstić information content (AvgIpc) is 3.16. The molecular formula is C26H19N. The van der Waals surface area contributed by atoms with E-state index in [0.717, 1.165) is 6.54 Å². The standard InChI is InChI=1S/C26H19N/c1-2-7-19-15-24-20(14-18(19)6-1)13-12-17-9-5-11-23(25(17)24)26-22-10-4-3-8-21(22)16-27-26/h1-15,26-27H,16H2. The fraction of sp³-hybridized carbons (Fsp3) is 0.0769. The third-order valence-electron chi connectivity index (χ3n) is 5.93. The molecule has 0 aliphatic carbocycles. The van der Waals surface area contributed by atoms with Gasteiger partial charge in [0.25, 0.3) is 0 Å². The first kappa shape index (κ1) is 15.0. The zero-order valence-electron chi connectivity index (χ0n) is 14.9. The molecule has 1 unspecified atom stereocenters. The van der Waals surface area contributed by atoms with Crippen molar-refractivity contribution in [2.75, 3.05) is 0 Å². The van der Waals surface area contributed by atoms with Crippen molar-refractivity contribution >= 4 is 32.3 Å². The van der Waals surface area contributed by atoms with Crippen LogP contribution in [0, 0.1) is 0 Å². The van der Waals surface area contributed by atoms with E-state index < -0.39 is 0 Å². The van der Waals surface area contributed by atoms with E-state index >= 15 is 0 Å². The van der Waals surface area contributed by atoms with E-state index in [1.54, 1.807) is 0 Å². The number of rotatable bonds is 1. The van der Waals surface area contributed by atoms with Gasteiger partial charge in [0.1, 0.15) is 0 Å². The van der Waals surface area contributed by atoms with Crippen LogP contribution in [0.2, 0.25) is 0 Å². The lowest BCUT2D eigenvalue weighted by molar-refractivity contribution is 0.671. The Bertz CT molecular complexity index is 1330. The Balaban J connectivity index is 1.70. The van der Waals surface area contributed by atoms with Gasteiger partial charge in [0.15, 0.2) is 0 Å². The lowest BCUT2D eigenvalue weighted by Gasteiger charge is -2.17. The van der Waals surface area contributed by atoms with Crippen LogP contribution in [0.4, 0.5) is 0 Å². The van der Waals surface area contributed by atoms with Crippen LogP contribution < -0.4 is 5.32 Å². The molecule has 0 aromatic heterocycles. The first-order valence-corrected chi connectivity index (χ1v) is 9.54. The van der Waals surface area contributed by atoms with Gasteiger partial charge in [-0.1, -0.05) is 78.9 Å². The minimum atomic E-state index is 0.252. The van der Waals surface area contributed by atoms with Crippen LogP contribution in [-0.4, -0.2) is 0 Å². The van der Waals surface area contributed by atoms with Gasteiger partial charge in [-0.2, -0.15) is 0 Å². The van der Waals surface area contributed by atoms with E-state index in [2.05, 4.69) is 96.3 Å². The topological polar surface area (TPSA) is 12.0 Å². The maximum atomic E-state index is 3.73. The van der Waals surface area contributed by atoms with Crippen molar-refractivity contribution in [2.24, 2.45) is 0 Å². The van der Waals surface area contributed by atoms with Crippen LogP contribution >= 0.6 is 0 Å². The van der Waals surface area contributed by atoms with Crippen molar-refractivity contribution in [2.45, 2.75) is 12.6 Å². The highest BCUT2D eigenvalue weighted by atomic mass is 14.9. The monoisotopic (exact) mass is 345 g/mol. The van der Waals surface area contributed by atoms with Crippen LogP contribution in [0.5, 0.6) is 0 Å². The summed E-state index contributed by atoms with van der Waals surface area (Å²) in [5.41, 5.74) is 4.19. The zero-order valence-corrected chi connectivity index (χ0v) is 14.9. The van der Waals surface area contributed by atoms with Crippen molar-refractivity contribution in [1.82, 2.24) is 5.32 Å². The predicted molar refractivity (Wildman–Crippen MR) is 114 cm³/mol. The maximum absolute atomic E-state index is 3.73. The third-order valence-corrected chi connectivity index (χ3v) is 5.93. The molecule has 0 saturated carbocycles. The summed E-state index contributed by atoms with van der Waals surface area (Å²) in [7, 11) is 0. The molecule has 1 aliphatic rings. The summed E-state index contributed by atoms with van der Waals surface area (Å²) in [5, 5.41) is 11.7. The Morgan fingerprint density at radius 3 is 2.22 bits per heavy atom. The van der Waals surface area contributed by atoms with Gasteiger partial charge in [-0.25, -0.2) is 0 Å². The molecule has 128 valence electrons. The van der Waals surface area contributed by atoms with Gasteiger partial charge in [-0.3, -0.25) is 0 Å². The van der Waals surface area contributed by atoms with E-state index in [-0.39, 0.29) is 6.04 Å². The molecule has 1 atom stereocenters. The molecule has 0 bridgehead atoms. The highest BCUT2D eigenvalue weighted by Gasteiger charge is 2.24. The second-order valence-electron chi connectivity index (χ2n) is 7.44. The fourth-order valence-corrected chi connectivity index (χ4v) is 4.65. The maximum Gasteiger partial charge on any atom is 0.0588 e. The first-order chi connectivity index (χ1) is 13.4. The number of benzene rings is 5. The Labute approximate surface area is 158 Å². The van der Waals surface area contributed by atoms with Crippen LogP contribution in [0.1, 0.15) is 22.7 Å². The van der Waals surface area contributed by atoms with Gasteiger partial charge in [-0.15, -0.1) is 0 Å². The molecule has 0 spiro atoms. The van der Waals surface area contributed by atoms with E-state index in [4.69, 9.17) is 0 Å². The van der Waals surface area contributed by atoms with E-state index in [9.17, 15) is 0 Å². The molecule has 1 N–H and O–H groups in total. The lowest BCUT2D eigenvalue weighted by atomic mass is 9.90. The van der Waals surface area contributed by atoms with Gasteiger partial charge >= 0.3 is 0 Å². The summed E-state index contributed by atoms with van der Waals surface area (Å²) in [4.78, 5) is 0. The van der Waals surface area contributed by atoms with Crippen molar-refractivity contribution in [3.05, 3.63) is 108 Å². The molecule has 0 saturated heterocycles. The van der Waals surface area contributed by atoms with Crippen LogP contribution in [0.15, 0.2) is 91.0 Å². The van der Waals surface area contributed by atoms with Crippen LogP contribution in [0.25, 0.3) is 32.3 Å². The minimum absolute atomic E-state index is 0.252. The summed E-state index contributed by atoms with van der Waals surface area (Å²) < 4.78 is 0. The molecule has 1 heteroatoms. The van der Waals surface area contributed by atoms with Gasteiger partial charge in [0.05, 0.1) is 6.04 Å². The van der Waals surface area contributed by atoms with Crippen molar-refractivity contribution in [3.63, 3.8) is 0 Å². The SMILES string of the molecule is c1ccc2c(c1)CNC2c1cccc2ccc3cc4ccccc4cc3c12. The lowest BCUT2D eigenvalue weighted by Crippen LogP contribution is -2.13. The number of hydrogen-bond donors (Lipinski definition) is 1. The van der Waals surface area contributed by atoms with Crippen molar-refractivity contribution < 1.29 is 0 Å². The van der Waals surface area contributed by atoms with E-state index in [1.165, 1.54) is 49.0 Å². The Kier molecular flexibility index (Phi) is 3.14.